The minimum atomic E-state index is -4.16. The fourth-order valence-corrected chi connectivity index (χ4v) is 6.09. The Bertz CT molecular complexity index is 1420. The Balaban J connectivity index is 1.33. The second kappa shape index (κ2) is 10.6. The molecule has 2 saturated heterocycles. The van der Waals surface area contributed by atoms with E-state index < -0.39 is 46.1 Å². The molecule has 0 aliphatic carbocycles. The molecule has 2 unspecified atom stereocenters. The number of fused-ring (bicyclic) bond motifs is 1. The molecule has 38 heavy (non-hydrogen) atoms. The fourth-order valence-electron chi connectivity index (χ4n) is 4.52. The van der Waals surface area contributed by atoms with Gasteiger partial charge in [-0.15, -0.1) is 0 Å². The largest absolute Gasteiger partial charge is 0.484 e. The molecular weight excluding hydrogens is 510 g/mol. The first-order valence-electron chi connectivity index (χ1n) is 11.9. The third-order valence-corrected chi connectivity index (χ3v) is 8.21. The summed E-state index contributed by atoms with van der Waals surface area (Å²) in [6.07, 6.45) is -1.49. The van der Waals surface area contributed by atoms with Gasteiger partial charge in [-0.25, -0.2) is 13.2 Å². The van der Waals surface area contributed by atoms with Crippen molar-refractivity contribution < 1.29 is 32.3 Å². The molecule has 3 aromatic carbocycles. The lowest BCUT2D eigenvalue weighted by atomic mass is 9.96. The van der Waals surface area contributed by atoms with Crippen molar-refractivity contribution in [3.8, 4) is 5.75 Å². The van der Waals surface area contributed by atoms with E-state index in [1.54, 1.807) is 66.7 Å². The van der Waals surface area contributed by atoms with E-state index in [0.29, 0.717) is 11.3 Å². The summed E-state index contributed by atoms with van der Waals surface area (Å²) in [6, 6.07) is 23.6. The smallest absolute Gasteiger partial charge is 0.345 e. The van der Waals surface area contributed by atoms with Gasteiger partial charge in [-0.1, -0.05) is 66.7 Å². The zero-order valence-corrected chi connectivity index (χ0v) is 21.0. The van der Waals surface area contributed by atoms with Crippen LogP contribution in [0, 0.1) is 0 Å². The molecule has 0 aromatic heterocycles. The highest BCUT2D eigenvalue weighted by molar-refractivity contribution is 7.89. The van der Waals surface area contributed by atoms with Crippen LogP contribution in [0.2, 0.25) is 0 Å². The van der Waals surface area contributed by atoms with Gasteiger partial charge in [0.2, 0.25) is 15.9 Å². The van der Waals surface area contributed by atoms with Gasteiger partial charge in [0.25, 0.3) is 5.91 Å². The third kappa shape index (κ3) is 4.98. The number of hydrogen-bond donors (Lipinski definition) is 1. The molecule has 2 aliphatic rings. The van der Waals surface area contributed by atoms with E-state index >= 15 is 0 Å². The Kier molecular flexibility index (Phi) is 7.12. The topological polar surface area (TPSA) is 122 Å². The summed E-state index contributed by atoms with van der Waals surface area (Å²) in [4.78, 5) is 39.9. The molecule has 0 saturated carbocycles. The minimum absolute atomic E-state index is 0.0207. The van der Waals surface area contributed by atoms with E-state index in [4.69, 9.17) is 9.47 Å². The van der Waals surface area contributed by atoms with Crippen LogP contribution < -0.4 is 10.1 Å². The highest BCUT2D eigenvalue weighted by atomic mass is 32.2. The number of ether oxygens (including phenoxy) is 2. The zero-order valence-electron chi connectivity index (χ0n) is 20.2. The third-order valence-electron chi connectivity index (χ3n) is 6.38. The van der Waals surface area contributed by atoms with Crippen molar-refractivity contribution in [1.82, 2.24) is 14.5 Å². The molecule has 11 heteroatoms. The highest BCUT2D eigenvalue weighted by Gasteiger charge is 2.63. The maximum absolute atomic E-state index is 13.5. The lowest BCUT2D eigenvalue weighted by molar-refractivity contribution is -0.167. The van der Waals surface area contributed by atoms with Gasteiger partial charge in [0.15, 0.2) is 12.8 Å². The molecule has 1 N–H and O–H groups in total. The molecule has 2 fully saturated rings. The summed E-state index contributed by atoms with van der Waals surface area (Å²) in [5, 5.41) is 2.61. The van der Waals surface area contributed by atoms with Crippen LogP contribution in [0.3, 0.4) is 0 Å². The number of sulfonamides is 1. The van der Waals surface area contributed by atoms with E-state index in [2.05, 4.69) is 5.32 Å². The van der Waals surface area contributed by atoms with Crippen molar-refractivity contribution in [3.05, 3.63) is 96.6 Å². The predicted molar refractivity (Wildman–Crippen MR) is 135 cm³/mol. The van der Waals surface area contributed by atoms with Crippen LogP contribution in [0.4, 0.5) is 0 Å². The van der Waals surface area contributed by atoms with E-state index in [-0.39, 0.29) is 24.7 Å². The van der Waals surface area contributed by atoms with Crippen LogP contribution in [-0.2, 0) is 35.8 Å². The summed E-state index contributed by atoms with van der Waals surface area (Å²) in [6.45, 7) is -0.591. The number of benzene rings is 3. The Morgan fingerprint density at radius 1 is 0.895 bits per heavy atom. The standard InChI is InChI=1S/C27H25N3O7S/c31-23(18-36-20-12-6-2-7-13-20)28-24-22-16-29(38(34,35)21-14-8-3-9-15-21)25(30(22)26(24)32)27(33)37-17-19-10-4-1-5-11-19/h1-15,22,24-25H,16-18H2,(H,28,31)/t22?,24-,25?/m1/s1. The number of nitrogens with one attached hydrogen (secondary N) is 1. The normalized spacial score (nSPS) is 20.8. The lowest BCUT2D eigenvalue weighted by Gasteiger charge is -2.43. The second-order valence-corrected chi connectivity index (χ2v) is 10.7. The van der Waals surface area contributed by atoms with Crippen LogP contribution in [0.15, 0.2) is 95.9 Å². The summed E-state index contributed by atoms with van der Waals surface area (Å²) in [7, 11) is -4.16. The summed E-state index contributed by atoms with van der Waals surface area (Å²) < 4.78 is 38.8. The Morgan fingerprint density at radius 3 is 2.16 bits per heavy atom. The van der Waals surface area contributed by atoms with Gasteiger partial charge in [0, 0.05) is 6.54 Å². The van der Waals surface area contributed by atoms with Crippen molar-refractivity contribution in [2.75, 3.05) is 13.2 Å². The predicted octanol–water partition coefficient (Wildman–Crippen LogP) is 1.53. The Labute approximate surface area is 219 Å². The summed E-state index contributed by atoms with van der Waals surface area (Å²) in [5.41, 5.74) is 0.714. The Morgan fingerprint density at radius 2 is 1.50 bits per heavy atom. The van der Waals surface area contributed by atoms with E-state index in [1.807, 2.05) is 12.1 Å². The average Bonchev–Trinajstić information content (AvgIpc) is 3.32. The van der Waals surface area contributed by atoms with Crippen LogP contribution in [-0.4, -0.2) is 66.8 Å². The molecular formula is C27H25N3O7S. The van der Waals surface area contributed by atoms with Gasteiger partial charge in [-0.05, 0) is 29.8 Å². The maximum atomic E-state index is 13.5. The molecule has 3 atom stereocenters. The number of carbonyl (C=O) groups excluding carboxylic acids is 3. The molecule has 5 rings (SSSR count). The minimum Gasteiger partial charge on any atom is -0.484 e. The van der Waals surface area contributed by atoms with E-state index in [1.165, 1.54) is 12.1 Å². The number of nitrogens with zero attached hydrogens (tertiary/aromatic N) is 2. The van der Waals surface area contributed by atoms with Crippen LogP contribution in [0.5, 0.6) is 5.75 Å². The fraction of sp³-hybridized carbons (Fsp3) is 0.222. The van der Waals surface area contributed by atoms with Crippen molar-refractivity contribution in [3.63, 3.8) is 0 Å². The van der Waals surface area contributed by atoms with Gasteiger partial charge < -0.3 is 19.7 Å². The SMILES string of the molecule is O=C(COc1ccccc1)N[C@H]1C(=O)N2C1CN(S(=O)(=O)c1ccccc1)C2C(=O)OCc1ccccc1. The first kappa shape index (κ1) is 25.4. The molecule has 0 radical (unpaired) electrons. The quantitative estimate of drug-likeness (QED) is 0.326. The van der Waals surface area contributed by atoms with Gasteiger partial charge in [0.05, 0.1) is 10.9 Å². The molecule has 2 aliphatic heterocycles. The molecule has 0 bridgehead atoms. The van der Waals surface area contributed by atoms with Gasteiger partial charge in [-0.3, -0.25) is 9.59 Å². The number of hydrogen-bond acceptors (Lipinski definition) is 7. The number of amides is 2. The van der Waals surface area contributed by atoms with Crippen LogP contribution in [0.25, 0.3) is 0 Å². The molecule has 0 spiro atoms. The van der Waals surface area contributed by atoms with Gasteiger partial charge in [-0.2, -0.15) is 4.31 Å². The van der Waals surface area contributed by atoms with Gasteiger partial charge >= 0.3 is 5.97 Å². The van der Waals surface area contributed by atoms with Crippen molar-refractivity contribution in [1.29, 1.82) is 0 Å². The van der Waals surface area contributed by atoms with Crippen molar-refractivity contribution >= 4 is 27.8 Å². The lowest BCUT2D eigenvalue weighted by Crippen LogP contribution is -2.71. The van der Waals surface area contributed by atoms with Crippen LogP contribution >= 0.6 is 0 Å². The molecule has 3 aromatic rings. The van der Waals surface area contributed by atoms with E-state index in [0.717, 1.165) is 9.21 Å². The molecule has 10 nitrogen and oxygen atoms in total. The van der Waals surface area contributed by atoms with Crippen molar-refractivity contribution in [2.45, 2.75) is 29.8 Å². The summed E-state index contributed by atoms with van der Waals surface area (Å²) >= 11 is 0. The summed E-state index contributed by atoms with van der Waals surface area (Å²) in [5.74, 6) is -1.50. The number of β-lactam (4-membered cyclic amide) rings is 1. The monoisotopic (exact) mass is 535 g/mol. The molecule has 2 heterocycles. The molecule has 196 valence electrons. The average molecular weight is 536 g/mol. The van der Waals surface area contributed by atoms with E-state index in [9.17, 15) is 22.8 Å². The molecule has 2 amide bonds. The number of rotatable bonds is 9. The first-order chi connectivity index (χ1) is 18.4. The highest BCUT2D eigenvalue weighted by Crippen LogP contribution is 2.36. The second-order valence-electron chi connectivity index (χ2n) is 8.81. The Hall–Kier alpha value is -4.22. The maximum Gasteiger partial charge on any atom is 0.345 e. The van der Waals surface area contributed by atoms with Gasteiger partial charge in [0.1, 0.15) is 18.4 Å². The first-order valence-corrected chi connectivity index (χ1v) is 13.4. The number of esters is 1. The zero-order chi connectivity index (χ0) is 26.7. The number of carbonyl (C=O) groups is 3. The van der Waals surface area contributed by atoms with Crippen LogP contribution in [0.1, 0.15) is 5.56 Å². The van der Waals surface area contributed by atoms with Crippen molar-refractivity contribution in [2.24, 2.45) is 0 Å². The number of para-hydroxylation sites is 1.